The van der Waals surface area contributed by atoms with Gasteiger partial charge in [-0.1, -0.05) is 24.3 Å². The van der Waals surface area contributed by atoms with Crippen LogP contribution in [0.4, 0.5) is 4.39 Å². The van der Waals surface area contributed by atoms with E-state index < -0.39 is 17.8 Å². The molecule has 0 radical (unpaired) electrons. The van der Waals surface area contributed by atoms with Crippen molar-refractivity contribution in [2.45, 2.75) is 45.4 Å². The Hall–Kier alpha value is -3.66. The number of halogens is 1. The highest BCUT2D eigenvalue weighted by atomic mass is 19.1. The number of methoxy groups -OCH3 is 1. The van der Waals surface area contributed by atoms with E-state index in [1.807, 2.05) is 0 Å². The molecule has 2 amide bonds. The van der Waals surface area contributed by atoms with Crippen LogP contribution in [0.3, 0.4) is 0 Å². The van der Waals surface area contributed by atoms with Crippen LogP contribution in [0.2, 0.25) is 0 Å². The highest BCUT2D eigenvalue weighted by molar-refractivity contribution is 5.94. The molecule has 1 aliphatic rings. The molecule has 2 aromatic carbocycles. The minimum Gasteiger partial charge on any atom is -0.494 e. The molecule has 0 saturated carbocycles. The first kappa shape index (κ1) is 26.9. The van der Waals surface area contributed by atoms with Crippen molar-refractivity contribution >= 4 is 17.6 Å². The Morgan fingerprint density at radius 1 is 1.22 bits per heavy atom. The average Bonchev–Trinajstić information content (AvgIpc) is 2.86. The van der Waals surface area contributed by atoms with Gasteiger partial charge < -0.3 is 30.2 Å². The van der Waals surface area contributed by atoms with Crippen LogP contribution < -0.4 is 20.5 Å². The molecule has 1 fully saturated rings. The topological polar surface area (TPSA) is 127 Å². The molecule has 1 heterocycles. The summed E-state index contributed by atoms with van der Waals surface area (Å²) in [5.41, 5.74) is 6.84. The Labute approximate surface area is 210 Å². The standard InChI is InChI=1S/C26H33FN4O5/c1-4-35-20-13-21(23(27)22(14-20)36-19-9-11-31(12-10-19)16(2)32)24(34-3)26(33)30-15-17-5-7-18(8-6-17)25(28)29/h5-8,13-14,19,24H,4,9-12,15H2,1-3H3,(H3,28,29)(H,30,33)/t24-/m0/s1. The molecule has 9 nitrogen and oxygen atoms in total. The Balaban J connectivity index is 1.76. The summed E-state index contributed by atoms with van der Waals surface area (Å²) < 4.78 is 32.5. The van der Waals surface area contributed by atoms with Gasteiger partial charge >= 0.3 is 0 Å². The van der Waals surface area contributed by atoms with Crippen LogP contribution in [-0.4, -0.2) is 55.5 Å². The number of carbonyl (C=O) groups is 2. The van der Waals surface area contributed by atoms with Crippen molar-refractivity contribution in [2.24, 2.45) is 5.73 Å². The molecule has 4 N–H and O–H groups in total. The van der Waals surface area contributed by atoms with Crippen LogP contribution in [0.15, 0.2) is 36.4 Å². The van der Waals surface area contributed by atoms with E-state index in [9.17, 15) is 9.59 Å². The molecular formula is C26H33FN4O5. The Bertz CT molecular complexity index is 1080. The monoisotopic (exact) mass is 500 g/mol. The molecule has 36 heavy (non-hydrogen) atoms. The zero-order valence-corrected chi connectivity index (χ0v) is 20.8. The Kier molecular flexibility index (Phi) is 9.24. The molecule has 0 bridgehead atoms. The fourth-order valence-corrected chi connectivity index (χ4v) is 4.05. The largest absolute Gasteiger partial charge is 0.494 e. The maximum Gasteiger partial charge on any atom is 0.254 e. The normalized spacial score (nSPS) is 14.7. The fourth-order valence-electron chi connectivity index (χ4n) is 4.05. The van der Waals surface area contributed by atoms with Gasteiger partial charge in [-0.2, -0.15) is 0 Å². The number of piperidine rings is 1. The molecule has 1 aliphatic heterocycles. The summed E-state index contributed by atoms with van der Waals surface area (Å²) in [7, 11) is 1.33. The van der Waals surface area contributed by atoms with Gasteiger partial charge in [-0.3, -0.25) is 15.0 Å². The molecule has 10 heteroatoms. The quantitative estimate of drug-likeness (QED) is 0.340. The number of nitrogens with one attached hydrogen (secondary N) is 2. The van der Waals surface area contributed by atoms with Gasteiger partial charge in [0.25, 0.3) is 5.91 Å². The number of hydrogen-bond acceptors (Lipinski definition) is 6. The number of rotatable bonds is 10. The zero-order valence-electron chi connectivity index (χ0n) is 20.8. The van der Waals surface area contributed by atoms with Crippen LogP contribution in [-0.2, 0) is 20.9 Å². The lowest BCUT2D eigenvalue weighted by Crippen LogP contribution is -2.40. The van der Waals surface area contributed by atoms with Gasteiger partial charge in [-0.25, -0.2) is 4.39 Å². The van der Waals surface area contributed by atoms with E-state index in [0.717, 1.165) is 5.56 Å². The number of likely N-dealkylation sites (tertiary alicyclic amines) is 1. The molecule has 0 unspecified atom stereocenters. The summed E-state index contributed by atoms with van der Waals surface area (Å²) in [4.78, 5) is 26.3. The fraction of sp³-hybridized carbons (Fsp3) is 0.423. The van der Waals surface area contributed by atoms with Gasteiger partial charge in [-0.15, -0.1) is 0 Å². The van der Waals surface area contributed by atoms with E-state index in [-0.39, 0.29) is 35.7 Å². The second kappa shape index (κ2) is 12.3. The van der Waals surface area contributed by atoms with Crippen LogP contribution in [0.1, 0.15) is 49.5 Å². The molecular weight excluding hydrogens is 467 g/mol. The predicted octanol–water partition coefficient (Wildman–Crippen LogP) is 2.90. The number of ether oxygens (including phenoxy) is 3. The Morgan fingerprint density at radius 2 is 1.89 bits per heavy atom. The number of carbonyl (C=O) groups excluding carboxylic acids is 2. The van der Waals surface area contributed by atoms with Crippen molar-refractivity contribution < 1.29 is 28.2 Å². The van der Waals surface area contributed by atoms with Crippen LogP contribution in [0.5, 0.6) is 11.5 Å². The summed E-state index contributed by atoms with van der Waals surface area (Å²) in [5.74, 6) is -0.922. The SMILES string of the molecule is CCOc1cc(OC2CCN(C(C)=O)CC2)c(F)c([C@H](OC)C(=O)NCc2ccc(C(=N)N)cc2)c1. The van der Waals surface area contributed by atoms with E-state index in [1.165, 1.54) is 26.2 Å². The van der Waals surface area contributed by atoms with Crippen molar-refractivity contribution in [2.75, 3.05) is 26.8 Å². The van der Waals surface area contributed by atoms with Crippen molar-refractivity contribution in [3.63, 3.8) is 0 Å². The van der Waals surface area contributed by atoms with Crippen molar-refractivity contribution in [1.82, 2.24) is 10.2 Å². The van der Waals surface area contributed by atoms with Crippen molar-refractivity contribution in [1.29, 1.82) is 5.41 Å². The number of benzene rings is 2. The first-order chi connectivity index (χ1) is 17.2. The lowest BCUT2D eigenvalue weighted by atomic mass is 10.0. The number of nitrogen functional groups attached to an aromatic ring is 1. The highest BCUT2D eigenvalue weighted by Gasteiger charge is 2.29. The summed E-state index contributed by atoms with van der Waals surface area (Å²) in [5, 5.41) is 10.2. The van der Waals surface area contributed by atoms with E-state index in [1.54, 1.807) is 36.1 Å². The minimum atomic E-state index is -1.23. The van der Waals surface area contributed by atoms with Crippen LogP contribution in [0.25, 0.3) is 0 Å². The summed E-state index contributed by atoms with van der Waals surface area (Å²) in [6, 6.07) is 9.79. The van der Waals surface area contributed by atoms with Crippen LogP contribution >= 0.6 is 0 Å². The van der Waals surface area contributed by atoms with Gasteiger partial charge in [0.15, 0.2) is 17.7 Å². The molecule has 2 aromatic rings. The molecule has 194 valence electrons. The van der Waals surface area contributed by atoms with Gasteiger partial charge in [-0.05, 0) is 18.6 Å². The molecule has 1 atom stereocenters. The highest BCUT2D eigenvalue weighted by Crippen LogP contribution is 2.34. The van der Waals surface area contributed by atoms with E-state index in [4.69, 9.17) is 25.4 Å². The van der Waals surface area contributed by atoms with E-state index >= 15 is 4.39 Å². The number of amidine groups is 1. The zero-order chi connectivity index (χ0) is 26.2. The van der Waals surface area contributed by atoms with E-state index in [0.29, 0.717) is 43.9 Å². The van der Waals surface area contributed by atoms with Crippen molar-refractivity contribution in [3.8, 4) is 11.5 Å². The first-order valence-electron chi connectivity index (χ1n) is 11.9. The smallest absolute Gasteiger partial charge is 0.254 e. The maximum absolute atomic E-state index is 15.6. The summed E-state index contributed by atoms with van der Waals surface area (Å²) in [6.07, 6.45) is -0.357. The average molecular weight is 501 g/mol. The number of nitrogens with two attached hydrogens (primary N) is 1. The molecule has 0 aliphatic carbocycles. The van der Waals surface area contributed by atoms with Gasteiger partial charge in [0.1, 0.15) is 17.7 Å². The lowest BCUT2D eigenvalue weighted by Gasteiger charge is -2.31. The Morgan fingerprint density at radius 3 is 2.44 bits per heavy atom. The van der Waals surface area contributed by atoms with E-state index in [2.05, 4.69) is 5.32 Å². The van der Waals surface area contributed by atoms with Crippen molar-refractivity contribution in [3.05, 3.63) is 58.9 Å². The minimum absolute atomic E-state index is 0.00371. The summed E-state index contributed by atoms with van der Waals surface area (Å²) in [6.45, 7) is 4.93. The molecule has 0 spiro atoms. The van der Waals surface area contributed by atoms with Gasteiger partial charge in [0.2, 0.25) is 5.91 Å². The predicted molar refractivity (Wildman–Crippen MR) is 133 cm³/mol. The maximum atomic E-state index is 15.6. The number of amides is 2. The van der Waals surface area contributed by atoms with Gasteiger partial charge in [0.05, 0.1) is 6.61 Å². The molecule has 3 rings (SSSR count). The third kappa shape index (κ3) is 6.72. The molecule has 0 aromatic heterocycles. The summed E-state index contributed by atoms with van der Waals surface area (Å²) >= 11 is 0. The second-order valence-electron chi connectivity index (χ2n) is 8.53. The second-order valence-corrected chi connectivity index (χ2v) is 8.53. The number of hydrogen-bond donors (Lipinski definition) is 3. The number of nitrogens with zero attached hydrogens (tertiary/aromatic N) is 1. The third-order valence-electron chi connectivity index (χ3n) is 6.02. The lowest BCUT2D eigenvalue weighted by molar-refractivity contribution is -0.132. The first-order valence-corrected chi connectivity index (χ1v) is 11.9. The van der Waals surface area contributed by atoms with Crippen LogP contribution in [0, 0.1) is 11.2 Å². The third-order valence-corrected chi connectivity index (χ3v) is 6.02. The molecule has 1 saturated heterocycles. The van der Waals surface area contributed by atoms with Gasteiger partial charge in [0, 0.05) is 63.7 Å².